The fraction of sp³-hybridized carbons (Fsp3) is 1.00. The molecule has 0 aromatic rings. The standard InChI is InChI=1S/C14H29N3/c1-15-13-14-7-2-3-11-17(14)12-6-10-16-8-4-5-9-16/h14-15H,2-13H2,1H3. The Morgan fingerprint density at radius 2 is 1.76 bits per heavy atom. The van der Waals surface area contributed by atoms with E-state index in [1.807, 2.05) is 0 Å². The van der Waals surface area contributed by atoms with E-state index < -0.39 is 0 Å². The number of hydrogen-bond donors (Lipinski definition) is 1. The van der Waals surface area contributed by atoms with Gasteiger partial charge in [0.2, 0.25) is 0 Å². The lowest BCUT2D eigenvalue weighted by Gasteiger charge is -2.36. The van der Waals surface area contributed by atoms with Gasteiger partial charge in [-0.1, -0.05) is 6.42 Å². The molecule has 2 saturated heterocycles. The molecule has 2 aliphatic heterocycles. The number of hydrogen-bond acceptors (Lipinski definition) is 3. The summed E-state index contributed by atoms with van der Waals surface area (Å²) in [5, 5.41) is 3.35. The monoisotopic (exact) mass is 239 g/mol. The molecular weight excluding hydrogens is 210 g/mol. The molecule has 1 atom stereocenters. The molecular formula is C14H29N3. The largest absolute Gasteiger partial charge is 0.318 e. The molecule has 0 aromatic carbocycles. The van der Waals surface area contributed by atoms with Gasteiger partial charge in [0.05, 0.1) is 0 Å². The van der Waals surface area contributed by atoms with E-state index in [1.54, 1.807) is 0 Å². The van der Waals surface area contributed by atoms with E-state index in [4.69, 9.17) is 0 Å². The number of likely N-dealkylation sites (tertiary alicyclic amines) is 2. The summed E-state index contributed by atoms with van der Waals surface area (Å²) in [7, 11) is 2.08. The third kappa shape index (κ3) is 4.23. The van der Waals surface area contributed by atoms with Crippen molar-refractivity contribution >= 4 is 0 Å². The Hall–Kier alpha value is -0.120. The van der Waals surface area contributed by atoms with Crippen LogP contribution in [0.25, 0.3) is 0 Å². The van der Waals surface area contributed by atoms with E-state index in [-0.39, 0.29) is 0 Å². The Morgan fingerprint density at radius 1 is 1.00 bits per heavy atom. The van der Waals surface area contributed by atoms with Crippen LogP contribution in [0.1, 0.15) is 38.5 Å². The van der Waals surface area contributed by atoms with E-state index in [1.165, 1.54) is 77.8 Å². The summed E-state index contributed by atoms with van der Waals surface area (Å²) in [5.74, 6) is 0. The summed E-state index contributed by atoms with van der Waals surface area (Å²) in [6.07, 6.45) is 8.43. The van der Waals surface area contributed by atoms with Crippen LogP contribution in [-0.4, -0.2) is 62.2 Å². The minimum absolute atomic E-state index is 0.798. The highest BCUT2D eigenvalue weighted by molar-refractivity contribution is 4.78. The second-order valence-corrected chi connectivity index (χ2v) is 5.65. The molecule has 2 rings (SSSR count). The van der Waals surface area contributed by atoms with Crippen LogP contribution in [0, 0.1) is 0 Å². The van der Waals surface area contributed by atoms with E-state index >= 15 is 0 Å². The van der Waals surface area contributed by atoms with Crippen molar-refractivity contribution in [2.75, 3.05) is 46.3 Å². The molecule has 0 aliphatic carbocycles. The number of nitrogens with one attached hydrogen (secondary N) is 1. The normalized spacial score (nSPS) is 27.7. The first kappa shape index (κ1) is 13.3. The Balaban J connectivity index is 1.64. The van der Waals surface area contributed by atoms with Crippen molar-refractivity contribution < 1.29 is 0 Å². The first-order valence-corrected chi connectivity index (χ1v) is 7.51. The maximum Gasteiger partial charge on any atom is 0.0220 e. The molecule has 0 radical (unpaired) electrons. The molecule has 1 N–H and O–H groups in total. The average Bonchev–Trinajstić information content (AvgIpc) is 2.85. The number of likely N-dealkylation sites (N-methyl/N-ethyl adjacent to an activating group) is 1. The predicted molar refractivity (Wildman–Crippen MR) is 73.4 cm³/mol. The molecule has 0 spiro atoms. The number of nitrogens with zero attached hydrogens (tertiary/aromatic N) is 2. The van der Waals surface area contributed by atoms with Crippen molar-refractivity contribution in [3.8, 4) is 0 Å². The van der Waals surface area contributed by atoms with Gasteiger partial charge in [-0.15, -0.1) is 0 Å². The highest BCUT2D eigenvalue weighted by Crippen LogP contribution is 2.17. The SMILES string of the molecule is CNCC1CCCCN1CCCN1CCCC1. The minimum atomic E-state index is 0.798. The minimum Gasteiger partial charge on any atom is -0.318 e. The Labute approximate surface area is 107 Å². The van der Waals surface area contributed by atoms with Crippen LogP contribution in [0.5, 0.6) is 0 Å². The molecule has 0 saturated carbocycles. The molecule has 3 heteroatoms. The predicted octanol–water partition coefficient (Wildman–Crippen LogP) is 1.55. The van der Waals surface area contributed by atoms with Gasteiger partial charge in [0.1, 0.15) is 0 Å². The molecule has 100 valence electrons. The van der Waals surface area contributed by atoms with E-state index in [0.29, 0.717) is 0 Å². The zero-order valence-electron chi connectivity index (χ0n) is 11.5. The van der Waals surface area contributed by atoms with Gasteiger partial charge >= 0.3 is 0 Å². The van der Waals surface area contributed by atoms with Crippen LogP contribution >= 0.6 is 0 Å². The lowest BCUT2D eigenvalue weighted by Crippen LogP contribution is -2.45. The van der Waals surface area contributed by atoms with Crippen molar-refractivity contribution in [1.82, 2.24) is 15.1 Å². The molecule has 0 amide bonds. The van der Waals surface area contributed by atoms with Gasteiger partial charge < -0.3 is 10.2 Å². The third-order valence-corrected chi connectivity index (χ3v) is 4.31. The van der Waals surface area contributed by atoms with Gasteiger partial charge in [-0.25, -0.2) is 0 Å². The second-order valence-electron chi connectivity index (χ2n) is 5.65. The summed E-state index contributed by atoms with van der Waals surface area (Å²) in [5.41, 5.74) is 0. The van der Waals surface area contributed by atoms with Gasteiger partial charge in [0.25, 0.3) is 0 Å². The third-order valence-electron chi connectivity index (χ3n) is 4.31. The van der Waals surface area contributed by atoms with Crippen molar-refractivity contribution in [1.29, 1.82) is 0 Å². The molecule has 2 heterocycles. The summed E-state index contributed by atoms with van der Waals surface area (Å²) < 4.78 is 0. The van der Waals surface area contributed by atoms with Crippen molar-refractivity contribution in [3.63, 3.8) is 0 Å². The first-order chi connectivity index (χ1) is 8.40. The summed E-state index contributed by atoms with van der Waals surface area (Å²) >= 11 is 0. The van der Waals surface area contributed by atoms with Gasteiger partial charge in [-0.3, -0.25) is 4.90 Å². The maximum absolute atomic E-state index is 3.35. The maximum atomic E-state index is 3.35. The Morgan fingerprint density at radius 3 is 2.53 bits per heavy atom. The van der Waals surface area contributed by atoms with Crippen molar-refractivity contribution in [2.24, 2.45) is 0 Å². The van der Waals surface area contributed by atoms with Gasteiger partial charge in [-0.2, -0.15) is 0 Å². The van der Waals surface area contributed by atoms with Crippen LogP contribution in [0.2, 0.25) is 0 Å². The van der Waals surface area contributed by atoms with E-state index in [2.05, 4.69) is 22.2 Å². The van der Waals surface area contributed by atoms with E-state index in [0.717, 1.165) is 6.04 Å². The van der Waals surface area contributed by atoms with Crippen molar-refractivity contribution in [3.05, 3.63) is 0 Å². The van der Waals surface area contributed by atoms with Crippen LogP contribution < -0.4 is 5.32 Å². The van der Waals surface area contributed by atoms with E-state index in [9.17, 15) is 0 Å². The highest BCUT2D eigenvalue weighted by atomic mass is 15.2. The molecule has 2 aliphatic rings. The van der Waals surface area contributed by atoms with Gasteiger partial charge in [-0.05, 0) is 71.9 Å². The zero-order chi connectivity index (χ0) is 11.9. The van der Waals surface area contributed by atoms with Gasteiger partial charge in [0, 0.05) is 12.6 Å². The second kappa shape index (κ2) is 7.34. The molecule has 3 nitrogen and oxygen atoms in total. The summed E-state index contributed by atoms with van der Waals surface area (Å²) in [6, 6.07) is 0.798. The summed E-state index contributed by atoms with van der Waals surface area (Å²) in [4.78, 5) is 5.35. The summed E-state index contributed by atoms with van der Waals surface area (Å²) in [6.45, 7) is 7.82. The smallest absolute Gasteiger partial charge is 0.0220 e. The number of piperidine rings is 1. The Kier molecular flexibility index (Phi) is 5.75. The van der Waals surface area contributed by atoms with Gasteiger partial charge in [0.15, 0.2) is 0 Å². The topological polar surface area (TPSA) is 18.5 Å². The zero-order valence-corrected chi connectivity index (χ0v) is 11.5. The molecule has 2 fully saturated rings. The number of rotatable bonds is 6. The average molecular weight is 239 g/mol. The van der Waals surface area contributed by atoms with Crippen LogP contribution in [0.15, 0.2) is 0 Å². The Bertz CT molecular complexity index is 200. The fourth-order valence-electron chi connectivity index (χ4n) is 3.32. The molecule has 0 bridgehead atoms. The van der Waals surface area contributed by atoms with Crippen molar-refractivity contribution in [2.45, 2.75) is 44.6 Å². The first-order valence-electron chi connectivity index (χ1n) is 7.51. The van der Waals surface area contributed by atoms with Crippen LogP contribution in [0.3, 0.4) is 0 Å². The highest BCUT2D eigenvalue weighted by Gasteiger charge is 2.21. The fourth-order valence-corrected chi connectivity index (χ4v) is 3.32. The lowest BCUT2D eigenvalue weighted by atomic mass is 10.0. The van der Waals surface area contributed by atoms with Crippen LogP contribution in [-0.2, 0) is 0 Å². The molecule has 1 unspecified atom stereocenters. The van der Waals surface area contributed by atoms with Crippen LogP contribution in [0.4, 0.5) is 0 Å². The lowest BCUT2D eigenvalue weighted by molar-refractivity contribution is 0.140. The molecule has 0 aromatic heterocycles. The quantitative estimate of drug-likeness (QED) is 0.758. The molecule has 17 heavy (non-hydrogen) atoms.